The zero-order valence-corrected chi connectivity index (χ0v) is 22.1. The predicted molar refractivity (Wildman–Crippen MR) is 144 cm³/mol. The van der Waals surface area contributed by atoms with Crippen molar-refractivity contribution in [1.82, 2.24) is 4.90 Å². The van der Waals surface area contributed by atoms with Gasteiger partial charge in [-0.1, -0.05) is 41.4 Å². The minimum atomic E-state index is -1.33. The molecule has 3 aromatic rings. The summed E-state index contributed by atoms with van der Waals surface area (Å²) in [7, 11) is 0. The van der Waals surface area contributed by atoms with Gasteiger partial charge in [0.05, 0.1) is 5.56 Å². The van der Waals surface area contributed by atoms with Crippen LogP contribution in [0.1, 0.15) is 55.9 Å². The number of carbonyl (C=O) groups excluding carboxylic acids is 3. The second-order valence-electron chi connectivity index (χ2n) is 9.63. The number of amides is 3. The summed E-state index contributed by atoms with van der Waals surface area (Å²) < 4.78 is 0. The number of halogens is 1. The molecule has 1 unspecified atom stereocenters. The van der Waals surface area contributed by atoms with E-state index in [0.29, 0.717) is 21.3 Å². The van der Waals surface area contributed by atoms with Crippen LogP contribution in [0.4, 0.5) is 10.7 Å². The van der Waals surface area contributed by atoms with Gasteiger partial charge in [-0.05, 0) is 80.8 Å². The molecule has 0 fully saturated rings. The largest absolute Gasteiger partial charge is 0.323 e. The van der Waals surface area contributed by atoms with E-state index in [-0.39, 0.29) is 12.5 Å². The second-order valence-corrected chi connectivity index (χ2v) is 11.2. The first-order valence-electron chi connectivity index (χ1n) is 12.1. The van der Waals surface area contributed by atoms with Crippen molar-refractivity contribution in [3.63, 3.8) is 0 Å². The molecular formula is C28H28ClN3O3S. The molecule has 2 aliphatic rings. The molecule has 186 valence electrons. The van der Waals surface area contributed by atoms with E-state index < -0.39 is 17.9 Å². The van der Waals surface area contributed by atoms with Crippen molar-refractivity contribution in [2.24, 2.45) is 0 Å². The Morgan fingerprint density at radius 3 is 2.44 bits per heavy atom. The van der Waals surface area contributed by atoms with E-state index in [1.807, 2.05) is 45.0 Å². The fourth-order valence-electron chi connectivity index (χ4n) is 5.24. The smallest absolute Gasteiger partial charge is 0.258 e. The third-order valence-electron chi connectivity index (χ3n) is 6.88. The molecule has 0 bridgehead atoms. The molecule has 0 radical (unpaired) electrons. The van der Waals surface area contributed by atoms with Crippen LogP contribution < -0.4 is 10.6 Å². The summed E-state index contributed by atoms with van der Waals surface area (Å²) in [5, 5.41) is 7.00. The molecule has 5 rings (SSSR count). The average molecular weight is 522 g/mol. The van der Waals surface area contributed by atoms with Gasteiger partial charge in [-0.3, -0.25) is 14.4 Å². The van der Waals surface area contributed by atoms with Crippen LogP contribution in [-0.2, 0) is 29.0 Å². The molecule has 0 saturated carbocycles. The number of rotatable bonds is 4. The van der Waals surface area contributed by atoms with E-state index in [1.165, 1.54) is 16.2 Å². The van der Waals surface area contributed by atoms with E-state index >= 15 is 0 Å². The maximum absolute atomic E-state index is 14.1. The summed E-state index contributed by atoms with van der Waals surface area (Å²) >= 11 is 7.53. The number of benzene rings is 2. The van der Waals surface area contributed by atoms with Crippen molar-refractivity contribution in [3.05, 3.63) is 79.7 Å². The molecular weight excluding hydrogens is 494 g/mol. The molecule has 2 N–H and O–H groups in total. The first-order chi connectivity index (χ1) is 17.2. The molecule has 3 amide bonds. The molecule has 2 aromatic carbocycles. The summed E-state index contributed by atoms with van der Waals surface area (Å²) in [5.41, 5.74) is 5.89. The van der Waals surface area contributed by atoms with Gasteiger partial charge < -0.3 is 15.5 Å². The molecule has 1 aliphatic carbocycles. The monoisotopic (exact) mass is 521 g/mol. The Morgan fingerprint density at radius 2 is 1.75 bits per heavy atom. The summed E-state index contributed by atoms with van der Waals surface area (Å²) in [6, 6.07) is 9.74. The molecule has 6 nitrogen and oxygen atoms in total. The second kappa shape index (κ2) is 9.71. The Morgan fingerprint density at radius 1 is 1.08 bits per heavy atom. The number of fused-ring (bicyclic) bond motifs is 3. The van der Waals surface area contributed by atoms with Crippen LogP contribution in [0.3, 0.4) is 0 Å². The van der Waals surface area contributed by atoms with Crippen LogP contribution in [0, 0.1) is 20.8 Å². The number of thiophene rings is 1. The normalized spacial score (nSPS) is 17.2. The molecule has 0 saturated heterocycles. The van der Waals surface area contributed by atoms with Gasteiger partial charge in [0, 0.05) is 22.1 Å². The number of hydrogen-bond donors (Lipinski definition) is 2. The van der Waals surface area contributed by atoms with Crippen LogP contribution in [0.5, 0.6) is 0 Å². The number of nitrogens with zero attached hydrogens (tertiary/aromatic N) is 1. The van der Waals surface area contributed by atoms with Crippen LogP contribution in [0.25, 0.3) is 0 Å². The van der Waals surface area contributed by atoms with Gasteiger partial charge in [0.2, 0.25) is 0 Å². The standard InChI is InChI=1S/C28H28ClN3O3S/c1-15-12-16(2)23(17(3)13-15)30-25(33)24-26(34)31-27-22(20-6-4-5-7-21(20)36-27)28(35)32(24)14-18-8-10-19(29)11-9-18/h8-13,24H,4-7,14H2,1-3H3,(H,30,33)(H,31,34). The topological polar surface area (TPSA) is 78.5 Å². The van der Waals surface area contributed by atoms with Crippen molar-refractivity contribution in [3.8, 4) is 0 Å². The van der Waals surface area contributed by atoms with E-state index in [2.05, 4.69) is 10.6 Å². The number of anilines is 2. The van der Waals surface area contributed by atoms with E-state index in [1.54, 1.807) is 12.1 Å². The lowest BCUT2D eigenvalue weighted by Gasteiger charge is -2.29. The lowest BCUT2D eigenvalue weighted by molar-refractivity contribution is -0.130. The highest BCUT2D eigenvalue weighted by atomic mass is 35.5. The van der Waals surface area contributed by atoms with Crippen molar-refractivity contribution < 1.29 is 14.4 Å². The molecule has 36 heavy (non-hydrogen) atoms. The minimum Gasteiger partial charge on any atom is -0.323 e. The average Bonchev–Trinajstić information content (AvgIpc) is 3.15. The quantitative estimate of drug-likeness (QED) is 0.425. The van der Waals surface area contributed by atoms with E-state index in [0.717, 1.165) is 58.4 Å². The Bertz CT molecular complexity index is 1360. The Labute approximate surface area is 219 Å². The minimum absolute atomic E-state index is 0.109. The van der Waals surface area contributed by atoms with Crippen LogP contribution in [0.2, 0.25) is 5.02 Å². The lowest BCUT2D eigenvalue weighted by atomic mass is 9.95. The Hall–Kier alpha value is -3.16. The van der Waals surface area contributed by atoms with Gasteiger partial charge in [-0.15, -0.1) is 11.3 Å². The van der Waals surface area contributed by atoms with Crippen molar-refractivity contribution in [1.29, 1.82) is 0 Å². The van der Waals surface area contributed by atoms with Crippen LogP contribution in [-0.4, -0.2) is 28.7 Å². The highest BCUT2D eigenvalue weighted by Crippen LogP contribution is 2.41. The maximum Gasteiger partial charge on any atom is 0.258 e. The predicted octanol–water partition coefficient (Wildman–Crippen LogP) is 5.81. The van der Waals surface area contributed by atoms with Gasteiger partial charge in [0.15, 0.2) is 6.04 Å². The van der Waals surface area contributed by atoms with Crippen molar-refractivity contribution in [2.45, 2.75) is 59.0 Å². The molecule has 1 atom stereocenters. The number of nitrogens with one attached hydrogen (secondary N) is 2. The number of carbonyl (C=O) groups is 3. The first kappa shape index (κ1) is 24.5. The highest BCUT2D eigenvalue weighted by molar-refractivity contribution is 7.17. The summed E-state index contributed by atoms with van der Waals surface area (Å²) in [4.78, 5) is 43.9. The molecule has 2 heterocycles. The third kappa shape index (κ3) is 4.53. The van der Waals surface area contributed by atoms with Gasteiger partial charge in [0.25, 0.3) is 17.7 Å². The highest BCUT2D eigenvalue weighted by Gasteiger charge is 2.43. The zero-order chi connectivity index (χ0) is 25.6. The fraction of sp³-hybridized carbons (Fsp3) is 0.321. The summed E-state index contributed by atoms with van der Waals surface area (Å²) in [6.07, 6.45) is 3.78. The molecule has 8 heteroatoms. The number of aryl methyl sites for hydroxylation is 4. The third-order valence-corrected chi connectivity index (χ3v) is 8.34. The van der Waals surface area contributed by atoms with E-state index in [4.69, 9.17) is 11.6 Å². The van der Waals surface area contributed by atoms with Gasteiger partial charge in [0.1, 0.15) is 5.00 Å². The fourth-order valence-corrected chi connectivity index (χ4v) is 6.65. The van der Waals surface area contributed by atoms with Crippen LogP contribution >= 0.6 is 22.9 Å². The summed E-state index contributed by atoms with van der Waals surface area (Å²) in [5.74, 6) is -1.33. The molecule has 0 spiro atoms. The van der Waals surface area contributed by atoms with Gasteiger partial charge >= 0.3 is 0 Å². The lowest BCUT2D eigenvalue weighted by Crippen LogP contribution is -2.52. The van der Waals surface area contributed by atoms with Gasteiger partial charge in [-0.25, -0.2) is 0 Å². The van der Waals surface area contributed by atoms with Gasteiger partial charge in [-0.2, -0.15) is 0 Å². The van der Waals surface area contributed by atoms with Crippen molar-refractivity contribution in [2.75, 3.05) is 10.6 Å². The van der Waals surface area contributed by atoms with Crippen LogP contribution in [0.15, 0.2) is 36.4 Å². The van der Waals surface area contributed by atoms with Crippen molar-refractivity contribution >= 4 is 51.3 Å². The molecule has 1 aliphatic heterocycles. The Kier molecular flexibility index (Phi) is 6.62. The zero-order valence-electron chi connectivity index (χ0n) is 20.5. The first-order valence-corrected chi connectivity index (χ1v) is 13.3. The Balaban J connectivity index is 1.56. The maximum atomic E-state index is 14.1. The molecule has 1 aromatic heterocycles. The SMILES string of the molecule is Cc1cc(C)c(NC(=O)C2C(=O)Nc3sc4c(c3C(=O)N2Cc2ccc(Cl)cc2)CCCC4)c(C)c1. The number of hydrogen-bond acceptors (Lipinski definition) is 4. The van der Waals surface area contributed by atoms with E-state index in [9.17, 15) is 14.4 Å². The summed E-state index contributed by atoms with van der Waals surface area (Å²) in [6.45, 7) is 5.94.